The zero-order valence-corrected chi connectivity index (χ0v) is 24.9. The van der Waals surface area contributed by atoms with E-state index in [-0.39, 0.29) is 11.9 Å². The predicted molar refractivity (Wildman–Crippen MR) is 160 cm³/mol. The van der Waals surface area contributed by atoms with Crippen molar-refractivity contribution in [2.75, 3.05) is 7.11 Å². The molecule has 0 aliphatic carbocycles. The van der Waals surface area contributed by atoms with E-state index in [1.807, 2.05) is 43.3 Å². The summed E-state index contributed by atoms with van der Waals surface area (Å²) in [6.07, 6.45) is -0.777. The first-order chi connectivity index (χ1) is 19.0. The lowest BCUT2D eigenvalue weighted by molar-refractivity contribution is -0.147. The summed E-state index contributed by atoms with van der Waals surface area (Å²) in [5.74, 6) is 0.271. The Labute approximate surface area is 241 Å². The van der Waals surface area contributed by atoms with Crippen molar-refractivity contribution in [2.45, 2.75) is 66.2 Å². The number of fused-ring (bicyclic) bond motifs is 1. The van der Waals surface area contributed by atoms with Crippen LogP contribution in [0.2, 0.25) is 5.02 Å². The minimum Gasteiger partial charge on any atom is -0.477 e. The number of carbonyl (C=O) groups is 2. The SMILES string of the molecule is COC(=O)C(C)Oc1cccc(Cn2c(C)c(C)c3cc(C(=O)N[C@@H](C)c4cccc(C(C)C)c4)ccc32)c1Cl. The lowest BCUT2D eigenvalue weighted by Gasteiger charge is -2.17. The molecule has 210 valence electrons. The molecule has 2 atom stereocenters. The summed E-state index contributed by atoms with van der Waals surface area (Å²) in [5.41, 5.74) is 7.00. The van der Waals surface area contributed by atoms with Crippen LogP contribution in [-0.4, -0.2) is 29.7 Å². The second-order valence-electron chi connectivity index (χ2n) is 10.6. The maximum absolute atomic E-state index is 13.2. The van der Waals surface area contributed by atoms with Gasteiger partial charge < -0.3 is 19.4 Å². The van der Waals surface area contributed by atoms with Crippen molar-refractivity contribution < 1.29 is 19.1 Å². The summed E-state index contributed by atoms with van der Waals surface area (Å²) in [6.45, 7) is 12.6. The van der Waals surface area contributed by atoms with Gasteiger partial charge in [0.2, 0.25) is 0 Å². The Morgan fingerprint density at radius 3 is 2.35 bits per heavy atom. The Hall–Kier alpha value is -3.77. The van der Waals surface area contributed by atoms with Crippen LogP contribution in [0.1, 0.15) is 78.0 Å². The van der Waals surface area contributed by atoms with Gasteiger partial charge in [0.05, 0.1) is 18.2 Å². The van der Waals surface area contributed by atoms with E-state index in [4.69, 9.17) is 21.1 Å². The monoisotopic (exact) mass is 560 g/mol. The highest BCUT2D eigenvalue weighted by atomic mass is 35.5. The van der Waals surface area contributed by atoms with Gasteiger partial charge in [-0.1, -0.05) is 61.8 Å². The highest BCUT2D eigenvalue weighted by Crippen LogP contribution is 2.33. The Kier molecular flexibility index (Phi) is 8.89. The van der Waals surface area contributed by atoms with E-state index < -0.39 is 12.1 Å². The molecule has 7 heteroatoms. The van der Waals surface area contributed by atoms with E-state index in [2.05, 4.69) is 55.8 Å². The third-order valence-electron chi connectivity index (χ3n) is 7.53. The highest BCUT2D eigenvalue weighted by molar-refractivity contribution is 6.32. The van der Waals surface area contributed by atoms with Crippen molar-refractivity contribution in [3.63, 3.8) is 0 Å². The Morgan fingerprint density at radius 1 is 0.950 bits per heavy atom. The molecule has 4 aromatic rings. The van der Waals surface area contributed by atoms with E-state index in [1.54, 1.807) is 13.0 Å². The average Bonchev–Trinajstić information content (AvgIpc) is 3.18. The van der Waals surface area contributed by atoms with Crippen molar-refractivity contribution >= 4 is 34.4 Å². The quantitative estimate of drug-likeness (QED) is 0.215. The molecule has 0 radical (unpaired) electrons. The van der Waals surface area contributed by atoms with E-state index in [9.17, 15) is 9.59 Å². The number of ether oxygens (including phenoxy) is 2. The van der Waals surface area contributed by atoms with Crippen molar-refractivity contribution in [3.8, 4) is 5.75 Å². The van der Waals surface area contributed by atoms with Crippen LogP contribution >= 0.6 is 11.6 Å². The van der Waals surface area contributed by atoms with Crippen LogP contribution in [0, 0.1) is 13.8 Å². The van der Waals surface area contributed by atoms with Crippen LogP contribution in [-0.2, 0) is 16.1 Å². The molecule has 1 unspecified atom stereocenters. The summed E-state index contributed by atoms with van der Waals surface area (Å²) in [5, 5.41) is 4.62. The van der Waals surface area contributed by atoms with Gasteiger partial charge in [-0.05, 0) is 80.1 Å². The molecule has 1 N–H and O–H groups in total. The summed E-state index contributed by atoms with van der Waals surface area (Å²) in [4.78, 5) is 25.1. The first-order valence-corrected chi connectivity index (χ1v) is 13.9. The second-order valence-corrected chi connectivity index (χ2v) is 10.9. The fourth-order valence-electron chi connectivity index (χ4n) is 4.89. The molecule has 0 saturated heterocycles. The van der Waals surface area contributed by atoms with Gasteiger partial charge in [-0.3, -0.25) is 4.79 Å². The number of methoxy groups -OCH3 is 1. The summed E-state index contributed by atoms with van der Waals surface area (Å²) in [7, 11) is 1.32. The average molecular weight is 561 g/mol. The van der Waals surface area contributed by atoms with Crippen molar-refractivity contribution in [3.05, 3.63) is 99.2 Å². The molecule has 0 fully saturated rings. The first-order valence-electron chi connectivity index (χ1n) is 13.5. The number of hydrogen-bond donors (Lipinski definition) is 1. The van der Waals surface area contributed by atoms with Crippen LogP contribution in [0.15, 0.2) is 60.7 Å². The minimum atomic E-state index is -0.777. The van der Waals surface area contributed by atoms with Crippen molar-refractivity contribution in [2.24, 2.45) is 0 Å². The lowest BCUT2D eigenvalue weighted by Crippen LogP contribution is -2.26. The predicted octanol–water partition coefficient (Wildman–Crippen LogP) is 7.51. The first kappa shape index (κ1) is 29.2. The molecule has 0 spiro atoms. The molecule has 0 aliphatic heterocycles. The van der Waals surface area contributed by atoms with Gasteiger partial charge in [-0.15, -0.1) is 0 Å². The highest BCUT2D eigenvalue weighted by Gasteiger charge is 2.20. The molecule has 3 aromatic carbocycles. The lowest BCUT2D eigenvalue weighted by atomic mass is 9.98. The van der Waals surface area contributed by atoms with Crippen LogP contribution in [0.5, 0.6) is 5.75 Å². The van der Waals surface area contributed by atoms with E-state index >= 15 is 0 Å². The number of nitrogens with zero attached hydrogens (tertiary/aromatic N) is 1. The van der Waals surface area contributed by atoms with Gasteiger partial charge in [0.15, 0.2) is 6.10 Å². The normalized spacial score (nSPS) is 12.8. The number of nitrogens with one attached hydrogen (secondary N) is 1. The number of aryl methyl sites for hydroxylation is 1. The number of hydrogen-bond acceptors (Lipinski definition) is 4. The molecule has 1 amide bonds. The molecular formula is C33H37ClN2O4. The molecule has 1 aromatic heterocycles. The van der Waals surface area contributed by atoms with Crippen molar-refractivity contribution in [1.29, 1.82) is 0 Å². The molecule has 40 heavy (non-hydrogen) atoms. The third-order valence-corrected chi connectivity index (χ3v) is 7.96. The number of halogens is 1. The van der Waals surface area contributed by atoms with Crippen LogP contribution in [0.4, 0.5) is 0 Å². The number of rotatable bonds is 9. The summed E-state index contributed by atoms with van der Waals surface area (Å²) < 4.78 is 12.7. The van der Waals surface area contributed by atoms with E-state index in [0.717, 1.165) is 33.3 Å². The van der Waals surface area contributed by atoms with Crippen LogP contribution < -0.4 is 10.1 Å². The number of amides is 1. The molecule has 0 bridgehead atoms. The third kappa shape index (κ3) is 6.02. The van der Waals surface area contributed by atoms with Gasteiger partial charge in [0, 0.05) is 28.7 Å². The fourth-order valence-corrected chi connectivity index (χ4v) is 5.12. The number of benzene rings is 3. The molecule has 0 saturated carbocycles. The Balaban J connectivity index is 1.58. The van der Waals surface area contributed by atoms with Gasteiger partial charge >= 0.3 is 5.97 Å². The fraction of sp³-hybridized carbons (Fsp3) is 0.333. The van der Waals surface area contributed by atoms with Crippen LogP contribution in [0.25, 0.3) is 10.9 Å². The van der Waals surface area contributed by atoms with Crippen molar-refractivity contribution in [1.82, 2.24) is 9.88 Å². The topological polar surface area (TPSA) is 69.6 Å². The number of esters is 1. The summed E-state index contributed by atoms with van der Waals surface area (Å²) >= 11 is 6.71. The maximum atomic E-state index is 13.2. The molecule has 0 aliphatic rings. The number of carbonyl (C=O) groups excluding carboxylic acids is 2. The largest absolute Gasteiger partial charge is 0.477 e. The zero-order chi connectivity index (χ0) is 29.1. The summed E-state index contributed by atoms with van der Waals surface area (Å²) in [6, 6.07) is 19.6. The van der Waals surface area contributed by atoms with Gasteiger partial charge in [-0.2, -0.15) is 0 Å². The van der Waals surface area contributed by atoms with Gasteiger partial charge in [-0.25, -0.2) is 4.79 Å². The second kappa shape index (κ2) is 12.2. The standard InChI is InChI=1S/C33H37ClN2O4/c1-19(2)24-10-8-11-25(16-24)21(4)35-32(37)26-14-15-29-28(17-26)20(3)22(5)36(29)18-27-12-9-13-30(31(27)34)40-23(6)33(38)39-7/h8-17,19,21,23H,18H2,1-7H3,(H,35,37)/t21-,23?/m0/s1. The minimum absolute atomic E-state index is 0.109. The molecule has 1 heterocycles. The molecule has 4 rings (SSSR count). The number of aromatic nitrogens is 1. The smallest absolute Gasteiger partial charge is 0.346 e. The zero-order valence-electron chi connectivity index (χ0n) is 24.2. The van der Waals surface area contributed by atoms with Crippen LogP contribution in [0.3, 0.4) is 0 Å². The maximum Gasteiger partial charge on any atom is 0.346 e. The van der Waals surface area contributed by atoms with E-state index in [1.165, 1.54) is 12.7 Å². The Bertz CT molecular complexity index is 1560. The molecule has 6 nitrogen and oxygen atoms in total. The van der Waals surface area contributed by atoms with E-state index in [0.29, 0.717) is 28.8 Å². The van der Waals surface area contributed by atoms with Gasteiger partial charge in [0.25, 0.3) is 5.91 Å². The van der Waals surface area contributed by atoms with Gasteiger partial charge in [0.1, 0.15) is 5.75 Å². The molecular weight excluding hydrogens is 524 g/mol. The Morgan fingerprint density at radius 2 is 1.65 bits per heavy atom.